The summed E-state index contributed by atoms with van der Waals surface area (Å²) in [6.07, 6.45) is 0. The number of hydrogen-bond acceptors (Lipinski definition) is 5. The van der Waals surface area contributed by atoms with Crippen molar-refractivity contribution in [3.8, 4) is 5.75 Å². The van der Waals surface area contributed by atoms with E-state index in [-0.39, 0.29) is 11.4 Å². The molecule has 6 nitrogen and oxygen atoms in total. The van der Waals surface area contributed by atoms with Crippen LogP contribution in [0.1, 0.15) is 5.56 Å². The Kier molecular flexibility index (Phi) is 3.89. The number of phenols is 1. The Morgan fingerprint density at radius 1 is 1.46 bits per heavy atom. The molecule has 1 aromatic carbocycles. The molecule has 6 heteroatoms. The summed E-state index contributed by atoms with van der Waals surface area (Å²) in [4.78, 5) is 9.69. The fraction of sp³-hybridized carbons (Fsp3) is 0.143. The molecular formula is C7H7N3O3. The van der Waals surface area contributed by atoms with Crippen molar-refractivity contribution in [2.24, 2.45) is 0 Å². The molecule has 1 rings (SSSR count). The monoisotopic (exact) mass is 181 g/mol. The number of rotatable bonds is 1. The van der Waals surface area contributed by atoms with Gasteiger partial charge in [0.1, 0.15) is 5.75 Å². The minimum absolute atomic E-state index is 0.000278. The standard InChI is InChI=1S/C7H7NO3.N2/c1-5-4-6(8(10)11)2-3-7(5)9;1-2/h2-4,9H,1H3;. The number of non-ortho nitro benzene ring substituents is 1. The van der Waals surface area contributed by atoms with Crippen LogP contribution in [-0.4, -0.2) is 10.0 Å². The zero-order chi connectivity index (χ0) is 10.4. The Bertz CT molecular complexity index is 335. The first-order valence-corrected chi connectivity index (χ1v) is 3.25. The van der Waals surface area contributed by atoms with Crippen LogP contribution in [0.2, 0.25) is 0 Å². The molecule has 0 heterocycles. The maximum Gasteiger partial charge on any atom is 0.269 e. The quantitative estimate of drug-likeness (QED) is 0.402. The van der Waals surface area contributed by atoms with Crippen LogP contribution in [0.4, 0.5) is 5.69 Å². The first kappa shape index (κ1) is 10.8. The fourth-order valence-corrected chi connectivity index (χ4v) is 0.753. The van der Waals surface area contributed by atoms with Crippen LogP contribution in [0, 0.1) is 27.8 Å². The van der Waals surface area contributed by atoms with Crippen molar-refractivity contribution in [2.75, 3.05) is 0 Å². The average Bonchev–Trinajstić information content (AvgIpc) is 2.13. The molecular weight excluding hydrogens is 174 g/mol. The molecule has 0 bridgehead atoms. The second kappa shape index (κ2) is 4.66. The molecule has 0 aliphatic heterocycles. The second-order valence-corrected chi connectivity index (χ2v) is 2.23. The van der Waals surface area contributed by atoms with Gasteiger partial charge in [-0.2, -0.15) is 0 Å². The van der Waals surface area contributed by atoms with Crippen LogP contribution >= 0.6 is 0 Å². The third kappa shape index (κ3) is 2.75. The van der Waals surface area contributed by atoms with Gasteiger partial charge in [-0.1, -0.05) is 0 Å². The highest BCUT2D eigenvalue weighted by Crippen LogP contribution is 2.21. The maximum absolute atomic E-state index is 10.2. The zero-order valence-corrected chi connectivity index (χ0v) is 6.84. The van der Waals surface area contributed by atoms with Crippen LogP contribution in [-0.2, 0) is 0 Å². The van der Waals surface area contributed by atoms with E-state index < -0.39 is 4.92 Å². The Morgan fingerprint density at radius 3 is 2.38 bits per heavy atom. The molecule has 0 aliphatic rings. The van der Waals surface area contributed by atoms with Gasteiger partial charge < -0.3 is 5.11 Å². The molecule has 13 heavy (non-hydrogen) atoms. The van der Waals surface area contributed by atoms with Gasteiger partial charge in [0.2, 0.25) is 0 Å². The van der Waals surface area contributed by atoms with Gasteiger partial charge in [-0.25, -0.2) is 0 Å². The highest BCUT2D eigenvalue weighted by Gasteiger charge is 2.05. The summed E-state index contributed by atoms with van der Waals surface area (Å²) in [5.41, 5.74) is 0.513. The number of aryl methyl sites for hydroxylation is 1. The smallest absolute Gasteiger partial charge is 0.269 e. The summed E-state index contributed by atoms with van der Waals surface area (Å²) >= 11 is 0. The van der Waals surface area contributed by atoms with Crippen LogP contribution in [0.3, 0.4) is 0 Å². The van der Waals surface area contributed by atoms with E-state index in [9.17, 15) is 10.1 Å². The van der Waals surface area contributed by atoms with Crippen molar-refractivity contribution < 1.29 is 10.0 Å². The first-order valence-electron chi connectivity index (χ1n) is 3.25. The normalized spacial score (nSPS) is 8.23. The van der Waals surface area contributed by atoms with Gasteiger partial charge >= 0.3 is 0 Å². The van der Waals surface area contributed by atoms with Gasteiger partial charge in [-0.3, -0.25) is 10.1 Å². The molecule has 0 saturated heterocycles. The maximum atomic E-state index is 10.2. The highest BCUT2D eigenvalue weighted by atomic mass is 16.6. The van der Waals surface area contributed by atoms with Crippen molar-refractivity contribution in [2.45, 2.75) is 6.92 Å². The van der Waals surface area contributed by atoms with Crippen LogP contribution in [0.25, 0.3) is 0 Å². The molecule has 0 spiro atoms. The SMILES string of the molecule is Cc1cc([N+](=O)[O-])ccc1O.N#N. The van der Waals surface area contributed by atoms with E-state index in [0.29, 0.717) is 5.56 Å². The molecule has 0 saturated carbocycles. The van der Waals surface area contributed by atoms with Gasteiger partial charge in [0.25, 0.3) is 5.69 Å². The molecule has 0 radical (unpaired) electrons. The summed E-state index contributed by atoms with van der Waals surface area (Å²) in [5.74, 6) is 0.0793. The summed E-state index contributed by atoms with van der Waals surface area (Å²) in [7, 11) is 0. The lowest BCUT2D eigenvalue weighted by atomic mass is 10.2. The van der Waals surface area contributed by atoms with Gasteiger partial charge in [0, 0.05) is 22.9 Å². The molecule has 0 fully saturated rings. The Labute approximate surface area is 74.0 Å². The third-order valence-corrected chi connectivity index (χ3v) is 1.39. The van der Waals surface area contributed by atoms with Crippen LogP contribution in [0.5, 0.6) is 5.75 Å². The summed E-state index contributed by atoms with van der Waals surface area (Å²) in [5, 5.41) is 31.2. The fourth-order valence-electron chi connectivity index (χ4n) is 0.753. The number of nitro benzene ring substituents is 1. The van der Waals surface area contributed by atoms with Gasteiger partial charge in [0.15, 0.2) is 0 Å². The van der Waals surface area contributed by atoms with E-state index >= 15 is 0 Å². The predicted molar refractivity (Wildman–Crippen MR) is 42.9 cm³/mol. The lowest BCUT2D eigenvalue weighted by Gasteiger charge is -1.95. The summed E-state index contributed by atoms with van der Waals surface area (Å²) in [6.45, 7) is 1.61. The molecule has 1 aromatic rings. The van der Waals surface area contributed by atoms with Crippen LogP contribution < -0.4 is 0 Å². The van der Waals surface area contributed by atoms with Crippen molar-refractivity contribution >= 4 is 5.69 Å². The highest BCUT2D eigenvalue weighted by molar-refractivity contribution is 5.41. The van der Waals surface area contributed by atoms with Crippen molar-refractivity contribution in [3.05, 3.63) is 33.9 Å². The van der Waals surface area contributed by atoms with Gasteiger partial charge in [-0.05, 0) is 18.6 Å². The van der Waals surface area contributed by atoms with E-state index in [4.69, 9.17) is 15.9 Å². The molecule has 0 aliphatic carbocycles. The number of aromatic hydroxyl groups is 1. The third-order valence-electron chi connectivity index (χ3n) is 1.39. The summed E-state index contributed by atoms with van der Waals surface area (Å²) < 4.78 is 0. The lowest BCUT2D eigenvalue weighted by Crippen LogP contribution is -1.87. The van der Waals surface area contributed by atoms with Crippen LogP contribution in [0.15, 0.2) is 18.2 Å². The minimum Gasteiger partial charge on any atom is -0.508 e. The Balaban J connectivity index is 0.000000671. The molecule has 0 unspecified atom stereocenters. The number of nitrogens with zero attached hydrogens (tertiary/aromatic N) is 3. The zero-order valence-electron chi connectivity index (χ0n) is 6.84. The van der Waals surface area contributed by atoms with E-state index in [1.165, 1.54) is 18.2 Å². The number of phenolic OH excluding ortho intramolecular Hbond substituents is 1. The Hall–Kier alpha value is -2.16. The Morgan fingerprint density at radius 2 is 2.00 bits per heavy atom. The number of hydrogen-bond donors (Lipinski definition) is 1. The van der Waals surface area contributed by atoms with E-state index in [1.54, 1.807) is 6.92 Å². The minimum atomic E-state index is -0.494. The number of benzene rings is 1. The molecule has 0 amide bonds. The van der Waals surface area contributed by atoms with Crippen molar-refractivity contribution in [1.29, 1.82) is 10.8 Å². The van der Waals surface area contributed by atoms with E-state index in [0.717, 1.165) is 0 Å². The number of nitro groups is 1. The van der Waals surface area contributed by atoms with Crippen molar-refractivity contribution in [3.63, 3.8) is 0 Å². The van der Waals surface area contributed by atoms with E-state index in [1.807, 2.05) is 0 Å². The topological polar surface area (TPSA) is 111 Å². The molecule has 0 aromatic heterocycles. The average molecular weight is 181 g/mol. The van der Waals surface area contributed by atoms with Gasteiger partial charge in [0.05, 0.1) is 4.92 Å². The summed E-state index contributed by atoms with van der Waals surface area (Å²) in [6, 6.07) is 3.91. The van der Waals surface area contributed by atoms with E-state index in [2.05, 4.69) is 0 Å². The molecule has 0 atom stereocenters. The predicted octanol–water partition coefficient (Wildman–Crippen LogP) is 1.64. The molecule has 68 valence electrons. The lowest BCUT2D eigenvalue weighted by molar-refractivity contribution is -0.384. The second-order valence-electron chi connectivity index (χ2n) is 2.23. The molecule has 1 N–H and O–H groups in total. The first-order chi connectivity index (χ1) is 6.11. The largest absolute Gasteiger partial charge is 0.508 e. The van der Waals surface area contributed by atoms with Crippen molar-refractivity contribution in [1.82, 2.24) is 0 Å². The van der Waals surface area contributed by atoms with Gasteiger partial charge in [-0.15, -0.1) is 0 Å².